The van der Waals surface area contributed by atoms with Crippen LogP contribution >= 0.6 is 0 Å². The lowest BCUT2D eigenvalue weighted by molar-refractivity contribution is 0.494. The molecule has 0 saturated carbocycles. The molecule has 9 aromatic rings. The zero-order valence-electron chi connectivity index (χ0n) is 31.9. The second-order valence-corrected chi connectivity index (χ2v) is 15.2. The maximum Gasteiger partial charge on any atom is 0.0817 e. The number of nitrogens with one attached hydrogen (secondary N) is 1. The third kappa shape index (κ3) is 5.83. The quantitative estimate of drug-likeness (QED) is 0.145. The molecule has 2 unspecified atom stereocenters. The fourth-order valence-corrected chi connectivity index (χ4v) is 9.35. The van der Waals surface area contributed by atoms with E-state index in [0.717, 1.165) is 16.8 Å². The first-order valence-corrected chi connectivity index (χ1v) is 19.8. The minimum Gasteiger partial charge on any atom is -0.312 e. The smallest absolute Gasteiger partial charge is 0.0817 e. The highest BCUT2D eigenvalue weighted by molar-refractivity contribution is 6.12. The van der Waals surface area contributed by atoms with Gasteiger partial charge in [-0.3, -0.25) is 5.32 Å². The van der Waals surface area contributed by atoms with E-state index in [1.165, 1.54) is 66.3 Å². The Hall–Kier alpha value is -6.78. The third-order valence-corrected chi connectivity index (χ3v) is 11.9. The second-order valence-electron chi connectivity index (χ2n) is 15.2. The van der Waals surface area contributed by atoms with Gasteiger partial charge in [0.25, 0.3) is 0 Å². The summed E-state index contributed by atoms with van der Waals surface area (Å²) in [6.07, 6.45) is 1.97. The van der Waals surface area contributed by atoms with Crippen LogP contribution in [0, 0.1) is 0 Å². The molecule has 0 saturated heterocycles. The number of hydrogen-bond donors (Lipinski definition) is 2. The summed E-state index contributed by atoms with van der Waals surface area (Å²) in [4.78, 5) is 0. The van der Waals surface area contributed by atoms with E-state index in [-0.39, 0.29) is 12.2 Å². The lowest BCUT2D eigenvalue weighted by Crippen LogP contribution is -2.33. The lowest BCUT2D eigenvalue weighted by atomic mass is 9.67. The molecule has 0 amide bonds. The van der Waals surface area contributed by atoms with Crippen molar-refractivity contribution in [3.63, 3.8) is 0 Å². The van der Waals surface area contributed by atoms with Gasteiger partial charge in [-0.05, 0) is 87.3 Å². The summed E-state index contributed by atoms with van der Waals surface area (Å²) in [5.41, 5.74) is 22.0. The van der Waals surface area contributed by atoms with Crippen LogP contribution in [0.5, 0.6) is 0 Å². The van der Waals surface area contributed by atoms with Crippen LogP contribution in [-0.2, 0) is 5.41 Å². The molecule has 57 heavy (non-hydrogen) atoms. The van der Waals surface area contributed by atoms with Crippen molar-refractivity contribution in [1.82, 2.24) is 9.88 Å². The molecule has 2 atom stereocenters. The number of aromatic nitrogens is 1. The van der Waals surface area contributed by atoms with Gasteiger partial charge in [0.15, 0.2) is 0 Å². The lowest BCUT2D eigenvalue weighted by Gasteiger charge is -2.34. The van der Waals surface area contributed by atoms with Gasteiger partial charge in [0.2, 0.25) is 0 Å². The summed E-state index contributed by atoms with van der Waals surface area (Å²) in [6, 6.07) is 74.5. The molecule has 0 radical (unpaired) electrons. The van der Waals surface area contributed by atoms with Crippen LogP contribution in [0.2, 0.25) is 0 Å². The summed E-state index contributed by atoms with van der Waals surface area (Å²) >= 11 is 0. The van der Waals surface area contributed by atoms with Crippen molar-refractivity contribution in [1.29, 1.82) is 0 Å². The molecule has 0 fully saturated rings. The highest BCUT2D eigenvalue weighted by Gasteiger charge is 2.46. The van der Waals surface area contributed by atoms with Gasteiger partial charge in [0.1, 0.15) is 0 Å². The monoisotopic (exact) mass is 733 g/mol. The molecule has 0 bridgehead atoms. The van der Waals surface area contributed by atoms with E-state index >= 15 is 0 Å². The first kappa shape index (κ1) is 34.7. The first-order chi connectivity index (χ1) is 28.1. The predicted molar refractivity (Wildman–Crippen MR) is 237 cm³/mol. The van der Waals surface area contributed by atoms with Crippen LogP contribution in [0.3, 0.4) is 0 Å². The van der Waals surface area contributed by atoms with E-state index in [4.69, 9.17) is 5.73 Å². The van der Waals surface area contributed by atoms with Crippen LogP contribution in [0.15, 0.2) is 212 Å². The van der Waals surface area contributed by atoms with Crippen molar-refractivity contribution in [2.45, 2.75) is 24.5 Å². The summed E-state index contributed by atoms with van der Waals surface area (Å²) in [7, 11) is 0. The molecule has 1 aromatic heterocycles. The van der Waals surface area contributed by atoms with E-state index in [0.29, 0.717) is 0 Å². The van der Waals surface area contributed by atoms with E-state index in [1.807, 2.05) is 18.2 Å². The van der Waals surface area contributed by atoms with Crippen LogP contribution in [0.1, 0.15) is 58.1 Å². The Labute approximate surface area is 334 Å². The van der Waals surface area contributed by atoms with Gasteiger partial charge in [0.05, 0.1) is 28.7 Å². The standard InChI is InChI=1S/C54H43N3/c1-37(52(39-20-6-2-7-21-39)56-53(55)40-22-8-3-9-23-40)33-38-19-18-28-43(34-38)57-50-32-17-15-30-45(50)47-35-46-44-29-14-16-31-48(44)54(49(46)36-51(47)57,41-24-10-4-11-25-41)42-26-12-5-13-27-42/h2-36,52-53,56H,55H2,1H3/b37-33+. The van der Waals surface area contributed by atoms with Crippen molar-refractivity contribution in [2.24, 2.45) is 5.73 Å². The Kier molecular flexibility index (Phi) is 8.75. The zero-order chi connectivity index (χ0) is 38.3. The third-order valence-electron chi connectivity index (χ3n) is 11.9. The van der Waals surface area contributed by atoms with Gasteiger partial charge in [-0.25, -0.2) is 0 Å². The highest BCUT2D eigenvalue weighted by atomic mass is 15.1. The molecule has 274 valence electrons. The number of nitrogens with two attached hydrogens (primary N) is 1. The second kappa shape index (κ2) is 14.4. The molecule has 3 N–H and O–H groups in total. The Balaban J connectivity index is 1.15. The molecular formula is C54H43N3. The Morgan fingerprint density at radius 3 is 1.82 bits per heavy atom. The van der Waals surface area contributed by atoms with Gasteiger partial charge in [0, 0.05) is 16.5 Å². The number of fused-ring (bicyclic) bond motifs is 6. The summed E-state index contributed by atoms with van der Waals surface area (Å²) in [5, 5.41) is 6.22. The fourth-order valence-electron chi connectivity index (χ4n) is 9.35. The van der Waals surface area contributed by atoms with Gasteiger partial charge in [-0.2, -0.15) is 0 Å². The van der Waals surface area contributed by atoms with Crippen LogP contribution in [-0.4, -0.2) is 4.57 Å². The first-order valence-electron chi connectivity index (χ1n) is 19.8. The zero-order valence-corrected chi connectivity index (χ0v) is 31.9. The Morgan fingerprint density at radius 1 is 0.526 bits per heavy atom. The minimum atomic E-state index is -0.480. The summed E-state index contributed by atoms with van der Waals surface area (Å²) in [6.45, 7) is 2.20. The van der Waals surface area contributed by atoms with E-state index in [2.05, 4.69) is 211 Å². The van der Waals surface area contributed by atoms with Gasteiger partial charge >= 0.3 is 0 Å². The number of hydrogen-bond acceptors (Lipinski definition) is 2. The number of benzene rings is 8. The van der Waals surface area contributed by atoms with Crippen molar-refractivity contribution >= 4 is 27.9 Å². The predicted octanol–water partition coefficient (Wildman–Crippen LogP) is 12.5. The maximum atomic E-state index is 6.78. The van der Waals surface area contributed by atoms with E-state index in [9.17, 15) is 0 Å². The number of rotatable bonds is 9. The summed E-state index contributed by atoms with van der Waals surface area (Å²) in [5.74, 6) is 0. The molecule has 0 aliphatic heterocycles. The van der Waals surface area contributed by atoms with Crippen molar-refractivity contribution in [3.8, 4) is 16.8 Å². The molecule has 1 heterocycles. The average molecular weight is 734 g/mol. The maximum absolute atomic E-state index is 6.78. The molecule has 3 heteroatoms. The van der Waals surface area contributed by atoms with Crippen LogP contribution in [0.25, 0.3) is 44.7 Å². The van der Waals surface area contributed by atoms with Crippen molar-refractivity contribution in [3.05, 3.63) is 251 Å². The Bertz CT molecular complexity index is 2850. The van der Waals surface area contributed by atoms with Gasteiger partial charge in [-0.1, -0.05) is 188 Å². The molecule has 3 nitrogen and oxygen atoms in total. The molecule has 10 rings (SSSR count). The topological polar surface area (TPSA) is 43.0 Å². The fraction of sp³-hybridized carbons (Fsp3) is 0.0741. The normalized spacial score (nSPS) is 14.3. The van der Waals surface area contributed by atoms with Crippen molar-refractivity contribution in [2.75, 3.05) is 0 Å². The average Bonchev–Trinajstić information content (AvgIpc) is 3.76. The van der Waals surface area contributed by atoms with Gasteiger partial charge in [-0.15, -0.1) is 0 Å². The Morgan fingerprint density at radius 2 is 1.12 bits per heavy atom. The van der Waals surface area contributed by atoms with Gasteiger partial charge < -0.3 is 10.3 Å². The largest absolute Gasteiger partial charge is 0.312 e. The number of para-hydroxylation sites is 1. The highest BCUT2D eigenvalue weighted by Crippen LogP contribution is 2.57. The number of nitrogens with zero attached hydrogens (tertiary/aromatic N) is 1. The van der Waals surface area contributed by atoms with E-state index in [1.54, 1.807) is 0 Å². The molecule has 1 aliphatic carbocycles. The summed E-state index contributed by atoms with van der Waals surface area (Å²) < 4.78 is 2.46. The van der Waals surface area contributed by atoms with E-state index < -0.39 is 5.41 Å². The molecule has 8 aromatic carbocycles. The van der Waals surface area contributed by atoms with Crippen LogP contribution in [0.4, 0.5) is 0 Å². The molecule has 0 spiro atoms. The molecule has 1 aliphatic rings. The molecular weight excluding hydrogens is 691 g/mol. The van der Waals surface area contributed by atoms with Crippen LogP contribution < -0.4 is 11.1 Å². The van der Waals surface area contributed by atoms with Crippen molar-refractivity contribution < 1.29 is 0 Å². The minimum absolute atomic E-state index is 0.0772. The SMILES string of the molecule is C/C(=C\c1cccc(-n2c3ccccc3c3cc4c(cc32)C(c2ccccc2)(c2ccccc2)c2ccccc2-4)c1)C(NC(N)c1ccccc1)c1ccccc1.